The highest BCUT2D eigenvalue weighted by atomic mass is 16.1. The summed E-state index contributed by atoms with van der Waals surface area (Å²) in [6.07, 6.45) is 7.96. The lowest BCUT2D eigenvalue weighted by Crippen LogP contribution is -2.48. The maximum Gasteiger partial charge on any atom is 0.223 e. The van der Waals surface area contributed by atoms with Crippen molar-refractivity contribution in [1.29, 1.82) is 0 Å². The van der Waals surface area contributed by atoms with E-state index in [4.69, 9.17) is 5.73 Å². The number of nitrogens with one attached hydrogen (secondary N) is 1. The SMILES string of the molecule is CC1CC(N)CC(C(=O)NC2CCCCC2C(C)C)C1. The van der Waals surface area contributed by atoms with Crippen molar-refractivity contribution in [2.45, 2.75) is 77.8 Å². The number of hydrogen-bond acceptors (Lipinski definition) is 2. The van der Waals surface area contributed by atoms with E-state index in [1.807, 2.05) is 0 Å². The summed E-state index contributed by atoms with van der Waals surface area (Å²) in [5, 5.41) is 3.37. The van der Waals surface area contributed by atoms with Gasteiger partial charge in [-0.15, -0.1) is 0 Å². The van der Waals surface area contributed by atoms with Crippen molar-refractivity contribution in [1.82, 2.24) is 5.32 Å². The number of carbonyl (C=O) groups excluding carboxylic acids is 1. The minimum atomic E-state index is 0.142. The normalized spacial score (nSPS) is 38.8. The molecular weight excluding hydrogens is 248 g/mol. The van der Waals surface area contributed by atoms with Crippen molar-refractivity contribution in [3.63, 3.8) is 0 Å². The van der Waals surface area contributed by atoms with Crippen LogP contribution in [0.15, 0.2) is 0 Å². The standard InChI is InChI=1S/C17H32N2O/c1-11(2)15-6-4-5-7-16(15)19-17(20)13-8-12(3)9-14(18)10-13/h11-16H,4-10,18H2,1-3H3,(H,19,20). The van der Waals surface area contributed by atoms with E-state index >= 15 is 0 Å². The van der Waals surface area contributed by atoms with Crippen LogP contribution in [-0.2, 0) is 4.79 Å². The van der Waals surface area contributed by atoms with Gasteiger partial charge in [-0.2, -0.15) is 0 Å². The summed E-state index contributed by atoms with van der Waals surface area (Å²) >= 11 is 0. The van der Waals surface area contributed by atoms with Gasteiger partial charge in [-0.25, -0.2) is 0 Å². The van der Waals surface area contributed by atoms with Crippen LogP contribution in [0, 0.1) is 23.7 Å². The van der Waals surface area contributed by atoms with E-state index in [0.29, 0.717) is 23.8 Å². The van der Waals surface area contributed by atoms with Crippen LogP contribution in [0.25, 0.3) is 0 Å². The fourth-order valence-electron chi connectivity index (χ4n) is 4.31. The quantitative estimate of drug-likeness (QED) is 0.834. The molecule has 2 aliphatic rings. The summed E-state index contributed by atoms with van der Waals surface area (Å²) < 4.78 is 0. The van der Waals surface area contributed by atoms with E-state index in [-0.39, 0.29) is 17.9 Å². The third kappa shape index (κ3) is 3.97. The zero-order valence-corrected chi connectivity index (χ0v) is 13.4. The third-order valence-corrected chi connectivity index (χ3v) is 5.35. The molecule has 0 spiro atoms. The molecule has 2 fully saturated rings. The minimum Gasteiger partial charge on any atom is -0.353 e. The first kappa shape index (κ1) is 15.8. The lowest BCUT2D eigenvalue weighted by molar-refractivity contribution is -0.128. The Bertz CT molecular complexity index is 319. The molecule has 2 saturated carbocycles. The number of hydrogen-bond donors (Lipinski definition) is 2. The number of rotatable bonds is 3. The molecule has 0 saturated heterocycles. The Hall–Kier alpha value is -0.570. The molecule has 0 heterocycles. The summed E-state index contributed by atoms with van der Waals surface area (Å²) in [7, 11) is 0. The zero-order valence-electron chi connectivity index (χ0n) is 13.4. The number of carbonyl (C=O) groups is 1. The molecule has 0 aromatic carbocycles. The fourth-order valence-corrected chi connectivity index (χ4v) is 4.31. The molecule has 0 radical (unpaired) electrons. The van der Waals surface area contributed by atoms with Gasteiger partial charge in [0.25, 0.3) is 0 Å². The van der Waals surface area contributed by atoms with E-state index in [1.165, 1.54) is 19.3 Å². The van der Waals surface area contributed by atoms with Crippen LogP contribution in [0.4, 0.5) is 0 Å². The van der Waals surface area contributed by atoms with E-state index in [2.05, 4.69) is 26.1 Å². The summed E-state index contributed by atoms with van der Waals surface area (Å²) in [4.78, 5) is 12.6. The molecule has 3 heteroatoms. The highest BCUT2D eigenvalue weighted by molar-refractivity contribution is 5.79. The number of nitrogens with two attached hydrogens (primary N) is 1. The molecule has 0 aromatic heterocycles. The van der Waals surface area contributed by atoms with Crippen molar-refractivity contribution in [2.75, 3.05) is 0 Å². The molecule has 2 rings (SSSR count). The second-order valence-electron chi connectivity index (χ2n) is 7.58. The Morgan fingerprint density at radius 2 is 1.85 bits per heavy atom. The molecule has 5 unspecified atom stereocenters. The van der Waals surface area contributed by atoms with Crippen LogP contribution in [0.1, 0.15) is 65.7 Å². The molecule has 0 aromatic rings. The monoisotopic (exact) mass is 280 g/mol. The fraction of sp³-hybridized carbons (Fsp3) is 0.941. The van der Waals surface area contributed by atoms with Crippen LogP contribution < -0.4 is 11.1 Å². The molecule has 0 bridgehead atoms. The smallest absolute Gasteiger partial charge is 0.223 e. The van der Waals surface area contributed by atoms with Gasteiger partial charge in [0.05, 0.1) is 0 Å². The van der Waals surface area contributed by atoms with E-state index in [9.17, 15) is 4.79 Å². The van der Waals surface area contributed by atoms with Crippen LogP contribution in [0.3, 0.4) is 0 Å². The largest absolute Gasteiger partial charge is 0.353 e. The Labute approximate surface area is 124 Å². The first-order chi connectivity index (χ1) is 9.47. The molecule has 116 valence electrons. The average molecular weight is 280 g/mol. The molecule has 5 atom stereocenters. The van der Waals surface area contributed by atoms with Gasteiger partial charge in [0.1, 0.15) is 0 Å². The highest BCUT2D eigenvalue weighted by Crippen LogP contribution is 2.32. The topological polar surface area (TPSA) is 55.1 Å². The van der Waals surface area contributed by atoms with Gasteiger partial charge in [0.2, 0.25) is 5.91 Å². The van der Waals surface area contributed by atoms with Crippen molar-refractivity contribution >= 4 is 5.91 Å². The van der Waals surface area contributed by atoms with Gasteiger partial charge in [-0.3, -0.25) is 4.79 Å². The highest BCUT2D eigenvalue weighted by Gasteiger charge is 2.33. The number of amides is 1. The molecule has 0 aliphatic heterocycles. The molecular formula is C17H32N2O. The summed E-state index contributed by atoms with van der Waals surface area (Å²) in [5.41, 5.74) is 6.08. The third-order valence-electron chi connectivity index (χ3n) is 5.35. The van der Waals surface area contributed by atoms with Gasteiger partial charge >= 0.3 is 0 Å². The lowest BCUT2D eigenvalue weighted by atomic mass is 9.76. The van der Waals surface area contributed by atoms with Crippen LogP contribution in [0.5, 0.6) is 0 Å². The van der Waals surface area contributed by atoms with Gasteiger partial charge in [-0.05, 0) is 49.9 Å². The Kier molecular flexibility index (Phi) is 5.48. The first-order valence-corrected chi connectivity index (χ1v) is 8.53. The van der Waals surface area contributed by atoms with Crippen LogP contribution >= 0.6 is 0 Å². The predicted octanol–water partition coefficient (Wildman–Crippen LogP) is 3.08. The van der Waals surface area contributed by atoms with Gasteiger partial charge in [0, 0.05) is 18.0 Å². The summed E-state index contributed by atoms with van der Waals surface area (Å²) in [5.74, 6) is 2.31. The van der Waals surface area contributed by atoms with Crippen molar-refractivity contribution < 1.29 is 4.79 Å². The zero-order chi connectivity index (χ0) is 14.7. The molecule has 3 N–H and O–H groups in total. The molecule has 20 heavy (non-hydrogen) atoms. The average Bonchev–Trinajstić information content (AvgIpc) is 2.37. The minimum absolute atomic E-state index is 0.142. The van der Waals surface area contributed by atoms with E-state index in [1.54, 1.807) is 0 Å². The lowest BCUT2D eigenvalue weighted by Gasteiger charge is -2.37. The Balaban J connectivity index is 1.92. The molecule has 3 nitrogen and oxygen atoms in total. The van der Waals surface area contributed by atoms with E-state index in [0.717, 1.165) is 25.7 Å². The van der Waals surface area contributed by atoms with Crippen molar-refractivity contribution in [2.24, 2.45) is 29.4 Å². The molecule has 1 amide bonds. The predicted molar refractivity (Wildman–Crippen MR) is 83.2 cm³/mol. The second-order valence-corrected chi connectivity index (χ2v) is 7.58. The van der Waals surface area contributed by atoms with Gasteiger partial charge in [-0.1, -0.05) is 33.6 Å². The summed E-state index contributed by atoms with van der Waals surface area (Å²) in [6, 6.07) is 0.603. The Morgan fingerprint density at radius 1 is 1.15 bits per heavy atom. The van der Waals surface area contributed by atoms with Crippen LogP contribution in [-0.4, -0.2) is 18.0 Å². The van der Waals surface area contributed by atoms with Crippen molar-refractivity contribution in [3.8, 4) is 0 Å². The van der Waals surface area contributed by atoms with Gasteiger partial charge in [0.15, 0.2) is 0 Å². The molecule has 2 aliphatic carbocycles. The van der Waals surface area contributed by atoms with E-state index < -0.39 is 0 Å². The van der Waals surface area contributed by atoms with Crippen LogP contribution in [0.2, 0.25) is 0 Å². The van der Waals surface area contributed by atoms with Gasteiger partial charge < -0.3 is 11.1 Å². The summed E-state index contributed by atoms with van der Waals surface area (Å²) in [6.45, 7) is 6.79. The maximum absolute atomic E-state index is 12.6. The van der Waals surface area contributed by atoms with Crippen molar-refractivity contribution in [3.05, 3.63) is 0 Å². The second kappa shape index (κ2) is 6.93. The Morgan fingerprint density at radius 3 is 2.50 bits per heavy atom. The maximum atomic E-state index is 12.6. The first-order valence-electron chi connectivity index (χ1n) is 8.53.